The number of halogens is 1. The Hall–Kier alpha value is -2.04. The predicted molar refractivity (Wildman–Crippen MR) is 104 cm³/mol. The minimum Gasteiger partial charge on any atom is -0.496 e. The fourth-order valence-electron chi connectivity index (χ4n) is 2.91. The van der Waals surface area contributed by atoms with Gasteiger partial charge in [0.1, 0.15) is 5.75 Å². The number of carbonyl (C=O) groups excluding carboxylic acids is 1. The van der Waals surface area contributed by atoms with Crippen molar-refractivity contribution in [2.45, 2.75) is 26.8 Å². The van der Waals surface area contributed by atoms with Crippen LogP contribution in [0.25, 0.3) is 0 Å². The first kappa shape index (κ1) is 19.3. The molecule has 0 aliphatic carbocycles. The summed E-state index contributed by atoms with van der Waals surface area (Å²) in [6, 6.07) is 11.5. The highest BCUT2D eigenvalue weighted by Gasteiger charge is 2.10. The van der Waals surface area contributed by atoms with Gasteiger partial charge in [0.05, 0.1) is 17.8 Å². The van der Waals surface area contributed by atoms with Gasteiger partial charge in [-0.2, -0.15) is 0 Å². The zero-order valence-corrected chi connectivity index (χ0v) is 16.0. The third-order valence-electron chi connectivity index (χ3n) is 4.05. The van der Waals surface area contributed by atoms with Gasteiger partial charge in [0, 0.05) is 19.5 Å². The summed E-state index contributed by atoms with van der Waals surface area (Å²) in [5, 5.41) is 3.40. The number of nitrogens with one attached hydrogen (secondary N) is 1. The number of rotatable bonds is 7. The highest BCUT2D eigenvalue weighted by Crippen LogP contribution is 2.25. The molecular weight excluding hydrogens is 336 g/mol. The zero-order valence-electron chi connectivity index (χ0n) is 15.2. The van der Waals surface area contributed by atoms with E-state index in [2.05, 4.69) is 22.3 Å². The molecule has 0 spiro atoms. The van der Waals surface area contributed by atoms with Crippen molar-refractivity contribution >= 4 is 23.2 Å². The number of hydrogen-bond donors (Lipinski definition) is 1. The second-order valence-corrected chi connectivity index (χ2v) is 6.69. The van der Waals surface area contributed by atoms with Crippen LogP contribution in [0.3, 0.4) is 0 Å². The van der Waals surface area contributed by atoms with Crippen molar-refractivity contribution in [3.8, 4) is 5.75 Å². The first-order valence-corrected chi connectivity index (χ1v) is 8.65. The van der Waals surface area contributed by atoms with Crippen molar-refractivity contribution in [3.05, 3.63) is 58.1 Å². The molecule has 5 heteroatoms. The largest absolute Gasteiger partial charge is 0.496 e. The maximum atomic E-state index is 12.1. The molecule has 0 atom stereocenters. The van der Waals surface area contributed by atoms with Crippen molar-refractivity contribution in [3.63, 3.8) is 0 Å². The van der Waals surface area contributed by atoms with Crippen LogP contribution in [0.15, 0.2) is 36.4 Å². The lowest BCUT2D eigenvalue weighted by Gasteiger charge is -2.18. The summed E-state index contributed by atoms with van der Waals surface area (Å²) in [4.78, 5) is 14.2. The highest BCUT2D eigenvalue weighted by atomic mass is 35.5. The molecule has 0 heterocycles. The summed E-state index contributed by atoms with van der Waals surface area (Å²) in [5.74, 6) is 0.896. The monoisotopic (exact) mass is 360 g/mol. The van der Waals surface area contributed by atoms with Crippen LogP contribution in [0.5, 0.6) is 5.75 Å². The van der Waals surface area contributed by atoms with Crippen molar-refractivity contribution < 1.29 is 9.53 Å². The molecule has 2 rings (SSSR count). The SMILES string of the molecule is COc1c(C)cc(CN(C)CCC(=O)Nc2ccccc2Cl)cc1C. The van der Waals surface area contributed by atoms with E-state index >= 15 is 0 Å². The van der Waals surface area contributed by atoms with Crippen molar-refractivity contribution in [1.82, 2.24) is 4.90 Å². The van der Waals surface area contributed by atoms with Gasteiger partial charge in [0.25, 0.3) is 0 Å². The first-order chi connectivity index (χ1) is 11.9. The Kier molecular flexibility index (Phi) is 6.85. The fraction of sp³-hybridized carbons (Fsp3) is 0.350. The molecule has 0 aromatic heterocycles. The lowest BCUT2D eigenvalue weighted by atomic mass is 10.1. The number of benzene rings is 2. The number of amides is 1. The molecule has 0 unspecified atom stereocenters. The van der Waals surface area contributed by atoms with Crippen LogP contribution in [0, 0.1) is 13.8 Å². The number of para-hydroxylation sites is 1. The van der Waals surface area contributed by atoms with E-state index in [0.717, 1.165) is 23.4 Å². The lowest BCUT2D eigenvalue weighted by molar-refractivity contribution is -0.116. The molecule has 4 nitrogen and oxygen atoms in total. The second-order valence-electron chi connectivity index (χ2n) is 6.28. The Balaban J connectivity index is 1.87. The predicted octanol–water partition coefficient (Wildman–Crippen LogP) is 4.43. The average molecular weight is 361 g/mol. The zero-order chi connectivity index (χ0) is 18.4. The van der Waals surface area contributed by atoms with Crippen LogP contribution < -0.4 is 10.1 Å². The lowest BCUT2D eigenvalue weighted by Crippen LogP contribution is -2.24. The Bertz CT molecular complexity index is 723. The molecule has 2 aromatic rings. The Labute approximate surface area is 154 Å². The molecule has 0 bridgehead atoms. The van der Waals surface area contributed by atoms with E-state index in [1.54, 1.807) is 19.2 Å². The van der Waals surface area contributed by atoms with Crippen molar-refractivity contribution in [2.24, 2.45) is 0 Å². The van der Waals surface area contributed by atoms with Gasteiger partial charge in [0.15, 0.2) is 0 Å². The third kappa shape index (κ3) is 5.48. The maximum Gasteiger partial charge on any atom is 0.225 e. The van der Waals surface area contributed by atoms with E-state index in [1.807, 2.05) is 33.0 Å². The number of aryl methyl sites for hydroxylation is 2. The number of anilines is 1. The van der Waals surface area contributed by atoms with Gasteiger partial charge in [-0.05, 0) is 49.7 Å². The highest BCUT2D eigenvalue weighted by molar-refractivity contribution is 6.33. The molecule has 25 heavy (non-hydrogen) atoms. The molecule has 134 valence electrons. The van der Waals surface area contributed by atoms with Gasteiger partial charge in [0.2, 0.25) is 5.91 Å². The molecule has 0 radical (unpaired) electrons. The van der Waals surface area contributed by atoms with E-state index in [4.69, 9.17) is 16.3 Å². The number of nitrogens with zero attached hydrogens (tertiary/aromatic N) is 1. The number of ether oxygens (including phenoxy) is 1. The van der Waals surface area contributed by atoms with Crippen LogP contribution in [0.4, 0.5) is 5.69 Å². The Morgan fingerprint density at radius 1 is 1.20 bits per heavy atom. The van der Waals surface area contributed by atoms with E-state index in [9.17, 15) is 4.79 Å². The molecule has 1 amide bonds. The summed E-state index contributed by atoms with van der Waals surface area (Å²) in [5.41, 5.74) is 4.12. The van der Waals surface area contributed by atoms with E-state index in [1.165, 1.54) is 5.56 Å². The smallest absolute Gasteiger partial charge is 0.225 e. The topological polar surface area (TPSA) is 41.6 Å². The van der Waals surface area contributed by atoms with Gasteiger partial charge >= 0.3 is 0 Å². The number of hydrogen-bond acceptors (Lipinski definition) is 3. The summed E-state index contributed by atoms with van der Waals surface area (Å²) >= 11 is 6.06. The van der Waals surface area contributed by atoms with Crippen LogP contribution in [-0.4, -0.2) is 31.5 Å². The van der Waals surface area contributed by atoms with Crippen LogP contribution in [0.1, 0.15) is 23.1 Å². The number of methoxy groups -OCH3 is 1. The standard InChI is InChI=1S/C20H25ClN2O2/c1-14-11-16(12-15(2)20(14)25-4)13-23(3)10-9-19(24)22-18-8-6-5-7-17(18)21/h5-8,11-12H,9-10,13H2,1-4H3,(H,22,24). The Morgan fingerprint density at radius 2 is 1.84 bits per heavy atom. The second kappa shape index (κ2) is 8.88. The van der Waals surface area contributed by atoms with Gasteiger partial charge < -0.3 is 15.0 Å². The molecule has 0 saturated carbocycles. The number of carbonyl (C=O) groups is 1. The summed E-state index contributed by atoms with van der Waals surface area (Å²) in [6.45, 7) is 5.55. The molecule has 0 saturated heterocycles. The van der Waals surface area contributed by atoms with Crippen molar-refractivity contribution in [1.29, 1.82) is 0 Å². The Morgan fingerprint density at radius 3 is 2.44 bits per heavy atom. The molecular formula is C20H25ClN2O2. The average Bonchev–Trinajstić information content (AvgIpc) is 2.55. The summed E-state index contributed by atoms with van der Waals surface area (Å²) < 4.78 is 5.40. The summed E-state index contributed by atoms with van der Waals surface area (Å²) in [6.07, 6.45) is 0.413. The van der Waals surface area contributed by atoms with Crippen LogP contribution in [-0.2, 0) is 11.3 Å². The minimum absolute atomic E-state index is 0.0398. The quantitative estimate of drug-likeness (QED) is 0.794. The molecule has 0 fully saturated rings. The normalized spacial score (nSPS) is 10.8. The summed E-state index contributed by atoms with van der Waals surface area (Å²) in [7, 11) is 3.70. The van der Waals surface area contributed by atoms with Gasteiger partial charge in [-0.15, -0.1) is 0 Å². The van der Waals surface area contributed by atoms with Crippen molar-refractivity contribution in [2.75, 3.05) is 26.0 Å². The van der Waals surface area contributed by atoms with Crippen LogP contribution >= 0.6 is 11.6 Å². The van der Waals surface area contributed by atoms with E-state index < -0.39 is 0 Å². The molecule has 0 aliphatic heterocycles. The first-order valence-electron chi connectivity index (χ1n) is 8.27. The maximum absolute atomic E-state index is 12.1. The van der Waals surface area contributed by atoms with Gasteiger partial charge in [-0.1, -0.05) is 35.9 Å². The minimum atomic E-state index is -0.0398. The van der Waals surface area contributed by atoms with E-state index in [0.29, 0.717) is 23.7 Å². The van der Waals surface area contributed by atoms with E-state index in [-0.39, 0.29) is 5.91 Å². The molecule has 0 aliphatic rings. The van der Waals surface area contributed by atoms with Gasteiger partial charge in [-0.3, -0.25) is 4.79 Å². The fourth-order valence-corrected chi connectivity index (χ4v) is 3.09. The van der Waals surface area contributed by atoms with Crippen LogP contribution in [0.2, 0.25) is 5.02 Å². The van der Waals surface area contributed by atoms with Gasteiger partial charge in [-0.25, -0.2) is 0 Å². The molecule has 2 aromatic carbocycles. The third-order valence-corrected chi connectivity index (χ3v) is 4.37. The molecule has 1 N–H and O–H groups in total.